The maximum absolute atomic E-state index is 10.4. The number of carboxylic acid groups (broad SMARTS) is 1. The third kappa shape index (κ3) is 3.12. The highest BCUT2D eigenvalue weighted by atomic mass is 79.9. The fourth-order valence-corrected chi connectivity index (χ4v) is 1.62. The van der Waals surface area contributed by atoms with Crippen LogP contribution in [0.4, 0.5) is 0 Å². The van der Waals surface area contributed by atoms with Gasteiger partial charge in [-0.1, -0.05) is 0 Å². The first kappa shape index (κ1) is 11.2. The van der Waals surface area contributed by atoms with Crippen molar-refractivity contribution in [1.82, 2.24) is 9.78 Å². The molecule has 1 aromatic rings. The molecular formula is C8H12BrN3O2. The minimum absolute atomic E-state index is 0.0751. The van der Waals surface area contributed by atoms with Crippen molar-refractivity contribution < 1.29 is 9.90 Å². The number of halogens is 1. The van der Waals surface area contributed by atoms with Gasteiger partial charge in [-0.3, -0.25) is 9.48 Å². The number of hydrogen-bond acceptors (Lipinski definition) is 3. The number of aromatic nitrogens is 2. The Morgan fingerprint density at radius 2 is 2.43 bits per heavy atom. The molecule has 0 aliphatic heterocycles. The maximum atomic E-state index is 10.4. The summed E-state index contributed by atoms with van der Waals surface area (Å²) in [5, 5.41) is 12.6. The smallest absolute Gasteiger partial charge is 0.305 e. The maximum Gasteiger partial charge on any atom is 0.305 e. The van der Waals surface area contributed by atoms with Crippen LogP contribution in [0.1, 0.15) is 12.1 Å². The third-order valence-corrected chi connectivity index (χ3v) is 2.16. The number of nitrogens with two attached hydrogens (primary N) is 1. The second-order valence-electron chi connectivity index (χ2n) is 2.86. The lowest BCUT2D eigenvalue weighted by atomic mass is 10.3. The van der Waals surface area contributed by atoms with Crippen molar-refractivity contribution >= 4 is 21.9 Å². The summed E-state index contributed by atoms with van der Waals surface area (Å²) in [5.41, 5.74) is 6.38. The highest BCUT2D eigenvalue weighted by Crippen LogP contribution is 2.11. The summed E-state index contributed by atoms with van der Waals surface area (Å²) in [5.74, 6) is -0.824. The van der Waals surface area contributed by atoms with Crippen LogP contribution in [0.5, 0.6) is 0 Å². The van der Waals surface area contributed by atoms with Crippen LogP contribution in [-0.4, -0.2) is 27.4 Å². The highest BCUT2D eigenvalue weighted by molar-refractivity contribution is 9.10. The molecule has 1 rings (SSSR count). The highest BCUT2D eigenvalue weighted by Gasteiger charge is 2.06. The van der Waals surface area contributed by atoms with Crippen molar-refractivity contribution in [3.05, 3.63) is 16.4 Å². The van der Waals surface area contributed by atoms with Gasteiger partial charge >= 0.3 is 5.97 Å². The molecule has 3 N–H and O–H groups in total. The molecule has 78 valence electrons. The predicted molar refractivity (Wildman–Crippen MR) is 54.9 cm³/mol. The number of rotatable bonds is 5. The average Bonchev–Trinajstić information content (AvgIpc) is 2.44. The molecule has 0 saturated heterocycles. The lowest BCUT2D eigenvalue weighted by Gasteiger charge is -2.03. The van der Waals surface area contributed by atoms with Crippen molar-refractivity contribution in [3.63, 3.8) is 0 Å². The monoisotopic (exact) mass is 261 g/mol. The van der Waals surface area contributed by atoms with E-state index in [0.717, 1.165) is 5.69 Å². The predicted octanol–water partition coefficient (Wildman–Crippen LogP) is 0.621. The zero-order chi connectivity index (χ0) is 10.6. The molecule has 14 heavy (non-hydrogen) atoms. The molecule has 0 spiro atoms. The van der Waals surface area contributed by atoms with Crippen LogP contribution in [0.25, 0.3) is 0 Å². The minimum Gasteiger partial charge on any atom is -0.481 e. The SMILES string of the molecule is NCCc1cc(Br)nn1CCC(=O)O. The molecule has 0 fully saturated rings. The lowest BCUT2D eigenvalue weighted by molar-refractivity contribution is -0.137. The van der Waals surface area contributed by atoms with Gasteiger partial charge in [0.25, 0.3) is 0 Å². The summed E-state index contributed by atoms with van der Waals surface area (Å²) in [6, 6.07) is 1.86. The minimum atomic E-state index is -0.824. The summed E-state index contributed by atoms with van der Waals surface area (Å²) in [4.78, 5) is 10.4. The molecular weight excluding hydrogens is 250 g/mol. The average molecular weight is 262 g/mol. The van der Waals surface area contributed by atoms with Crippen molar-refractivity contribution in [1.29, 1.82) is 0 Å². The van der Waals surface area contributed by atoms with Gasteiger partial charge in [-0.05, 0) is 28.5 Å². The number of nitrogens with zero attached hydrogens (tertiary/aromatic N) is 2. The Morgan fingerprint density at radius 1 is 1.71 bits per heavy atom. The van der Waals surface area contributed by atoms with E-state index in [1.54, 1.807) is 4.68 Å². The number of aliphatic carboxylic acids is 1. The van der Waals surface area contributed by atoms with Gasteiger partial charge in [-0.15, -0.1) is 0 Å². The second-order valence-corrected chi connectivity index (χ2v) is 3.68. The Labute approximate surface area is 90.0 Å². The molecule has 0 unspecified atom stereocenters. The Morgan fingerprint density at radius 3 is 3.00 bits per heavy atom. The second kappa shape index (κ2) is 5.11. The van der Waals surface area contributed by atoms with Crippen molar-refractivity contribution in [3.8, 4) is 0 Å². The molecule has 0 aliphatic carbocycles. The molecule has 0 amide bonds. The molecule has 0 aromatic carbocycles. The number of aryl methyl sites for hydroxylation is 1. The Balaban J connectivity index is 2.68. The van der Waals surface area contributed by atoms with Crippen molar-refractivity contribution in [2.45, 2.75) is 19.4 Å². The van der Waals surface area contributed by atoms with E-state index < -0.39 is 5.97 Å². The third-order valence-electron chi connectivity index (χ3n) is 1.77. The molecule has 0 radical (unpaired) electrons. The normalized spacial score (nSPS) is 10.4. The number of carboxylic acids is 1. The quantitative estimate of drug-likeness (QED) is 0.815. The zero-order valence-corrected chi connectivity index (χ0v) is 9.20. The molecule has 6 heteroatoms. The Hall–Kier alpha value is -0.880. The van der Waals surface area contributed by atoms with Gasteiger partial charge in [0.1, 0.15) is 4.60 Å². The first-order valence-electron chi connectivity index (χ1n) is 4.27. The lowest BCUT2D eigenvalue weighted by Crippen LogP contribution is -2.12. The van der Waals surface area contributed by atoms with Crippen LogP contribution in [0, 0.1) is 0 Å². The van der Waals surface area contributed by atoms with E-state index in [9.17, 15) is 4.79 Å². The van der Waals surface area contributed by atoms with Crippen LogP contribution in [0.3, 0.4) is 0 Å². The van der Waals surface area contributed by atoms with Crippen molar-refractivity contribution in [2.24, 2.45) is 5.73 Å². The zero-order valence-electron chi connectivity index (χ0n) is 7.61. The van der Waals surface area contributed by atoms with Gasteiger partial charge < -0.3 is 10.8 Å². The molecule has 0 saturated carbocycles. The number of carbonyl (C=O) groups is 1. The van der Waals surface area contributed by atoms with Gasteiger partial charge in [-0.25, -0.2) is 0 Å². The standard InChI is InChI=1S/C8H12BrN3O2/c9-7-5-6(1-3-10)12(11-7)4-2-8(13)14/h5H,1-4,10H2,(H,13,14). The summed E-state index contributed by atoms with van der Waals surface area (Å²) in [6.07, 6.45) is 0.782. The summed E-state index contributed by atoms with van der Waals surface area (Å²) >= 11 is 3.24. The molecule has 1 aromatic heterocycles. The van der Waals surface area contributed by atoms with E-state index in [2.05, 4.69) is 21.0 Å². The van der Waals surface area contributed by atoms with Crippen LogP contribution >= 0.6 is 15.9 Å². The molecule has 1 heterocycles. The number of hydrogen-bond donors (Lipinski definition) is 2. The van der Waals surface area contributed by atoms with E-state index in [1.807, 2.05) is 6.07 Å². The van der Waals surface area contributed by atoms with Gasteiger partial charge in [0, 0.05) is 12.1 Å². The van der Waals surface area contributed by atoms with Crippen LogP contribution < -0.4 is 5.73 Å². The van der Waals surface area contributed by atoms with E-state index in [4.69, 9.17) is 10.8 Å². The fraction of sp³-hybridized carbons (Fsp3) is 0.500. The van der Waals surface area contributed by atoms with Crippen LogP contribution in [0.2, 0.25) is 0 Å². The van der Waals surface area contributed by atoms with Gasteiger partial charge in [0.05, 0.1) is 13.0 Å². The summed E-state index contributed by atoms with van der Waals surface area (Å²) in [6.45, 7) is 0.918. The van der Waals surface area contributed by atoms with E-state index in [0.29, 0.717) is 24.1 Å². The topological polar surface area (TPSA) is 81.1 Å². The van der Waals surface area contributed by atoms with Crippen LogP contribution in [0.15, 0.2) is 10.7 Å². The molecule has 0 atom stereocenters. The summed E-state index contributed by atoms with van der Waals surface area (Å²) in [7, 11) is 0. The van der Waals surface area contributed by atoms with Crippen molar-refractivity contribution in [2.75, 3.05) is 6.54 Å². The first-order valence-corrected chi connectivity index (χ1v) is 5.07. The Kier molecular flexibility index (Phi) is 4.09. The van der Waals surface area contributed by atoms with Gasteiger partial charge in [-0.2, -0.15) is 5.10 Å². The van der Waals surface area contributed by atoms with Crippen LogP contribution in [-0.2, 0) is 17.8 Å². The van der Waals surface area contributed by atoms with Gasteiger partial charge in [0.15, 0.2) is 0 Å². The summed E-state index contributed by atoms with van der Waals surface area (Å²) < 4.78 is 2.39. The fourth-order valence-electron chi connectivity index (χ4n) is 1.16. The molecule has 0 bridgehead atoms. The van der Waals surface area contributed by atoms with Gasteiger partial charge in [0.2, 0.25) is 0 Å². The molecule has 5 nitrogen and oxygen atoms in total. The molecule has 0 aliphatic rings. The van der Waals surface area contributed by atoms with E-state index in [1.165, 1.54) is 0 Å². The first-order chi connectivity index (χ1) is 6.63. The van der Waals surface area contributed by atoms with E-state index >= 15 is 0 Å². The van der Waals surface area contributed by atoms with E-state index in [-0.39, 0.29) is 6.42 Å². The Bertz CT molecular complexity index is 324. The largest absolute Gasteiger partial charge is 0.481 e.